The second-order valence-electron chi connectivity index (χ2n) is 4.37. The zero-order valence-corrected chi connectivity index (χ0v) is 11.6. The molecule has 0 radical (unpaired) electrons. The van der Waals surface area contributed by atoms with Gasteiger partial charge in [-0.05, 0) is 12.8 Å². The van der Waals surface area contributed by atoms with E-state index in [1.807, 2.05) is 6.92 Å². The van der Waals surface area contributed by atoms with Crippen LogP contribution in [0.15, 0.2) is 4.99 Å². The monoisotopic (exact) mass is 274 g/mol. The van der Waals surface area contributed by atoms with Crippen LogP contribution in [0.5, 0.6) is 0 Å². The second-order valence-corrected chi connectivity index (χ2v) is 7.10. The Labute approximate surface area is 107 Å². The van der Waals surface area contributed by atoms with E-state index in [0.717, 1.165) is 19.1 Å². The number of hydrogen-bond acceptors (Lipinski definition) is 4. The SMILES string of the molecule is CCCCOP(C)(=O)CCC1NC(=O)C=NC1=O. The first-order valence-corrected chi connectivity index (χ1v) is 8.30. The summed E-state index contributed by atoms with van der Waals surface area (Å²) in [4.78, 5) is 25.9. The van der Waals surface area contributed by atoms with Crippen LogP contribution in [0.2, 0.25) is 0 Å². The molecule has 0 aromatic carbocycles. The van der Waals surface area contributed by atoms with E-state index in [4.69, 9.17) is 4.52 Å². The second kappa shape index (κ2) is 6.81. The molecule has 7 heteroatoms. The molecule has 18 heavy (non-hydrogen) atoms. The number of hydrogen-bond donors (Lipinski definition) is 1. The molecule has 0 bridgehead atoms. The van der Waals surface area contributed by atoms with Gasteiger partial charge in [0.2, 0.25) is 0 Å². The number of unbranched alkanes of at least 4 members (excludes halogenated alkanes) is 1. The lowest BCUT2D eigenvalue weighted by Gasteiger charge is -2.19. The minimum Gasteiger partial charge on any atom is -0.339 e. The maximum Gasteiger partial charge on any atom is 0.268 e. The third-order valence-corrected chi connectivity index (χ3v) is 4.41. The Morgan fingerprint density at radius 2 is 2.22 bits per heavy atom. The standard InChI is InChI=1S/C11H19N2O4P/c1-3-4-6-17-18(2,16)7-5-9-11(15)12-8-10(14)13-9/h8-9H,3-7H2,1-2H3,(H,13,14). The molecule has 0 spiro atoms. The molecule has 1 N–H and O–H groups in total. The van der Waals surface area contributed by atoms with Crippen molar-refractivity contribution in [3.05, 3.63) is 0 Å². The largest absolute Gasteiger partial charge is 0.339 e. The molecule has 0 aliphatic carbocycles. The molecular formula is C11H19N2O4P. The van der Waals surface area contributed by atoms with E-state index >= 15 is 0 Å². The van der Waals surface area contributed by atoms with Crippen LogP contribution in [0.25, 0.3) is 0 Å². The van der Waals surface area contributed by atoms with Gasteiger partial charge in [0.1, 0.15) is 6.04 Å². The van der Waals surface area contributed by atoms with Crippen molar-refractivity contribution < 1.29 is 18.7 Å². The summed E-state index contributed by atoms with van der Waals surface area (Å²) < 4.78 is 17.4. The molecule has 0 fully saturated rings. The van der Waals surface area contributed by atoms with Crippen molar-refractivity contribution in [2.24, 2.45) is 4.99 Å². The van der Waals surface area contributed by atoms with Crippen molar-refractivity contribution in [3.63, 3.8) is 0 Å². The molecule has 0 saturated heterocycles. The van der Waals surface area contributed by atoms with Crippen LogP contribution in [0.4, 0.5) is 0 Å². The minimum atomic E-state index is -2.69. The summed E-state index contributed by atoms with van der Waals surface area (Å²) >= 11 is 0. The lowest BCUT2D eigenvalue weighted by atomic mass is 10.2. The minimum absolute atomic E-state index is 0.267. The van der Waals surface area contributed by atoms with Gasteiger partial charge in [-0.25, -0.2) is 4.99 Å². The maximum atomic E-state index is 12.0. The third-order valence-electron chi connectivity index (χ3n) is 2.61. The van der Waals surface area contributed by atoms with Gasteiger partial charge in [0.25, 0.3) is 11.8 Å². The molecular weight excluding hydrogens is 255 g/mol. The molecule has 1 heterocycles. The summed E-state index contributed by atoms with van der Waals surface area (Å²) in [6.45, 7) is 4.05. The number of amides is 2. The van der Waals surface area contributed by atoms with Crippen LogP contribution in [0.3, 0.4) is 0 Å². The predicted octanol–water partition coefficient (Wildman–Crippen LogP) is 1.20. The van der Waals surface area contributed by atoms with Gasteiger partial charge in [-0.3, -0.25) is 14.2 Å². The van der Waals surface area contributed by atoms with E-state index in [9.17, 15) is 14.2 Å². The average molecular weight is 274 g/mol. The highest BCUT2D eigenvalue weighted by Gasteiger charge is 2.26. The molecule has 2 atom stereocenters. The highest BCUT2D eigenvalue weighted by atomic mass is 31.2. The van der Waals surface area contributed by atoms with Crippen molar-refractivity contribution in [2.75, 3.05) is 19.4 Å². The molecule has 102 valence electrons. The zero-order valence-electron chi connectivity index (χ0n) is 10.7. The normalized spacial score (nSPS) is 22.7. The van der Waals surface area contributed by atoms with E-state index < -0.39 is 25.2 Å². The van der Waals surface area contributed by atoms with Gasteiger partial charge in [-0.2, -0.15) is 0 Å². The molecule has 1 rings (SSSR count). The van der Waals surface area contributed by atoms with Gasteiger partial charge in [-0.15, -0.1) is 0 Å². The summed E-state index contributed by atoms with van der Waals surface area (Å²) in [6.07, 6.45) is 3.36. The fraction of sp³-hybridized carbons (Fsp3) is 0.727. The number of carbonyl (C=O) groups excluding carboxylic acids is 2. The number of aliphatic imine (C=N–C) groups is 1. The first-order valence-electron chi connectivity index (χ1n) is 6.04. The average Bonchev–Trinajstić information content (AvgIpc) is 2.31. The Balaban J connectivity index is 2.39. The first-order chi connectivity index (χ1) is 8.44. The number of rotatable bonds is 7. The van der Waals surface area contributed by atoms with Gasteiger partial charge >= 0.3 is 0 Å². The highest BCUT2D eigenvalue weighted by Crippen LogP contribution is 2.43. The Bertz CT molecular complexity index is 395. The molecule has 0 aromatic heterocycles. The lowest BCUT2D eigenvalue weighted by Crippen LogP contribution is -2.44. The summed E-state index contributed by atoms with van der Waals surface area (Å²) in [5.41, 5.74) is 0. The smallest absolute Gasteiger partial charge is 0.268 e. The zero-order chi connectivity index (χ0) is 13.6. The van der Waals surface area contributed by atoms with E-state index in [1.165, 1.54) is 0 Å². The fourth-order valence-electron chi connectivity index (χ4n) is 1.51. The number of nitrogens with zero attached hydrogens (tertiary/aromatic N) is 1. The summed E-state index contributed by atoms with van der Waals surface area (Å²) in [5.74, 6) is -0.791. The summed E-state index contributed by atoms with van der Waals surface area (Å²) in [7, 11) is -2.69. The number of nitrogens with one attached hydrogen (secondary N) is 1. The van der Waals surface area contributed by atoms with E-state index in [1.54, 1.807) is 6.66 Å². The van der Waals surface area contributed by atoms with Crippen molar-refractivity contribution in [1.29, 1.82) is 0 Å². The van der Waals surface area contributed by atoms with Crippen molar-refractivity contribution in [3.8, 4) is 0 Å². The topological polar surface area (TPSA) is 84.8 Å². The van der Waals surface area contributed by atoms with Gasteiger partial charge in [0, 0.05) is 12.8 Å². The molecule has 6 nitrogen and oxygen atoms in total. The van der Waals surface area contributed by atoms with Crippen LogP contribution in [-0.4, -0.2) is 43.5 Å². The first kappa shape index (κ1) is 15.1. The quantitative estimate of drug-likeness (QED) is 0.558. The molecule has 2 amide bonds. The Morgan fingerprint density at radius 3 is 2.89 bits per heavy atom. The summed E-state index contributed by atoms with van der Waals surface area (Å²) in [5, 5.41) is 2.49. The Hall–Kier alpha value is -1.00. The van der Waals surface area contributed by atoms with E-state index in [2.05, 4.69) is 10.3 Å². The van der Waals surface area contributed by atoms with Crippen molar-refractivity contribution >= 4 is 25.4 Å². The van der Waals surface area contributed by atoms with Gasteiger partial charge in [-0.1, -0.05) is 13.3 Å². The third kappa shape index (κ3) is 5.10. The van der Waals surface area contributed by atoms with Crippen LogP contribution in [0, 0.1) is 0 Å². The van der Waals surface area contributed by atoms with Crippen LogP contribution in [-0.2, 0) is 18.7 Å². The fourth-order valence-corrected chi connectivity index (χ4v) is 2.88. The molecule has 0 aromatic rings. The van der Waals surface area contributed by atoms with Crippen LogP contribution < -0.4 is 5.32 Å². The molecule has 1 aliphatic rings. The summed E-state index contributed by atoms with van der Waals surface area (Å²) in [6, 6.07) is -0.675. The molecule has 2 unspecified atom stereocenters. The Morgan fingerprint density at radius 1 is 1.50 bits per heavy atom. The molecule has 1 aliphatic heterocycles. The Kier molecular flexibility index (Phi) is 5.69. The number of carbonyl (C=O) groups is 2. The van der Waals surface area contributed by atoms with Gasteiger partial charge < -0.3 is 9.84 Å². The van der Waals surface area contributed by atoms with Crippen LogP contribution in [0.1, 0.15) is 26.2 Å². The predicted molar refractivity (Wildman–Crippen MR) is 69.3 cm³/mol. The van der Waals surface area contributed by atoms with Gasteiger partial charge in [0.15, 0.2) is 7.37 Å². The van der Waals surface area contributed by atoms with Crippen molar-refractivity contribution in [2.45, 2.75) is 32.2 Å². The van der Waals surface area contributed by atoms with Gasteiger partial charge in [0.05, 0.1) is 12.8 Å². The molecule has 0 saturated carbocycles. The van der Waals surface area contributed by atoms with Crippen molar-refractivity contribution in [1.82, 2.24) is 5.32 Å². The van der Waals surface area contributed by atoms with Crippen LogP contribution >= 0.6 is 7.37 Å². The maximum absolute atomic E-state index is 12.0. The van der Waals surface area contributed by atoms with E-state index in [0.29, 0.717) is 13.0 Å². The van der Waals surface area contributed by atoms with E-state index in [-0.39, 0.29) is 6.16 Å². The highest BCUT2D eigenvalue weighted by molar-refractivity contribution is 7.58. The lowest BCUT2D eigenvalue weighted by molar-refractivity contribution is -0.125.